The Labute approximate surface area is 161 Å². The summed E-state index contributed by atoms with van der Waals surface area (Å²) >= 11 is 0. The monoisotopic (exact) mass is 393 g/mol. The van der Waals surface area contributed by atoms with Gasteiger partial charge in [-0.15, -0.1) is 0 Å². The fourth-order valence-corrected chi connectivity index (χ4v) is 3.54. The molecule has 0 saturated heterocycles. The molecule has 1 fully saturated rings. The molecule has 0 aliphatic heterocycles. The number of anilines is 1. The molecule has 10 heteroatoms. The van der Waals surface area contributed by atoms with E-state index in [9.17, 15) is 19.8 Å². The molecular weight excluding hydrogens is 366 g/mol. The number of aromatic nitrogens is 4. The summed E-state index contributed by atoms with van der Waals surface area (Å²) in [7, 11) is 0. The predicted octanol–water partition coefficient (Wildman–Crippen LogP) is 0.186. The number of aromatic amines is 1. The first-order valence-electron chi connectivity index (χ1n) is 9.57. The number of rotatable bonds is 8. The number of H-pyrrole nitrogens is 1. The summed E-state index contributed by atoms with van der Waals surface area (Å²) in [5, 5.41) is 19.7. The van der Waals surface area contributed by atoms with Gasteiger partial charge in [0, 0.05) is 6.54 Å². The Bertz CT molecular complexity index is 867. The van der Waals surface area contributed by atoms with Crippen molar-refractivity contribution in [2.24, 2.45) is 11.3 Å². The number of hydrogen-bond donors (Lipinski definition) is 4. The Morgan fingerprint density at radius 2 is 2.04 bits per heavy atom. The van der Waals surface area contributed by atoms with Gasteiger partial charge in [0.05, 0.1) is 30.9 Å². The van der Waals surface area contributed by atoms with Crippen molar-refractivity contribution in [1.29, 1.82) is 0 Å². The number of nitrogens with zero attached hydrogens (tertiary/aromatic N) is 3. The number of imidazole rings is 1. The minimum atomic E-state index is -0.992. The van der Waals surface area contributed by atoms with E-state index in [4.69, 9.17) is 10.5 Å². The highest BCUT2D eigenvalue weighted by molar-refractivity contribution is 5.72. The van der Waals surface area contributed by atoms with Gasteiger partial charge in [0.25, 0.3) is 5.56 Å². The van der Waals surface area contributed by atoms with Gasteiger partial charge in [-0.25, -0.2) is 4.98 Å². The number of carbonyl (C=O) groups is 1. The molecule has 0 spiro atoms. The highest BCUT2D eigenvalue weighted by Crippen LogP contribution is 2.27. The van der Waals surface area contributed by atoms with Gasteiger partial charge in [-0.3, -0.25) is 14.6 Å². The van der Waals surface area contributed by atoms with Crippen molar-refractivity contribution in [3.05, 3.63) is 16.7 Å². The lowest BCUT2D eigenvalue weighted by atomic mass is 9.86. The van der Waals surface area contributed by atoms with Crippen molar-refractivity contribution < 1.29 is 19.7 Å². The van der Waals surface area contributed by atoms with E-state index in [1.54, 1.807) is 4.57 Å². The number of ether oxygens (including phenoxy) is 1. The van der Waals surface area contributed by atoms with Crippen LogP contribution < -0.4 is 11.3 Å². The third-order valence-electron chi connectivity index (χ3n) is 5.51. The van der Waals surface area contributed by atoms with Crippen LogP contribution in [0.3, 0.4) is 0 Å². The van der Waals surface area contributed by atoms with Crippen LogP contribution in [0.15, 0.2) is 11.1 Å². The molecule has 0 unspecified atom stereocenters. The summed E-state index contributed by atoms with van der Waals surface area (Å²) in [4.78, 5) is 34.7. The molecule has 1 saturated carbocycles. The van der Waals surface area contributed by atoms with E-state index < -0.39 is 11.0 Å². The Balaban J connectivity index is 1.67. The Morgan fingerprint density at radius 1 is 1.32 bits per heavy atom. The molecule has 0 bridgehead atoms. The van der Waals surface area contributed by atoms with E-state index in [1.807, 2.05) is 0 Å². The zero-order valence-electron chi connectivity index (χ0n) is 15.8. The average molecular weight is 393 g/mol. The van der Waals surface area contributed by atoms with E-state index in [2.05, 4.69) is 15.0 Å². The smallest absolute Gasteiger partial charge is 0.308 e. The Kier molecular flexibility index (Phi) is 6.30. The zero-order chi connectivity index (χ0) is 20.1. The van der Waals surface area contributed by atoms with Gasteiger partial charge in [0.15, 0.2) is 11.2 Å². The molecule has 2 heterocycles. The topological polar surface area (TPSA) is 156 Å². The molecule has 1 aliphatic rings. The van der Waals surface area contributed by atoms with Crippen molar-refractivity contribution in [3.63, 3.8) is 0 Å². The van der Waals surface area contributed by atoms with Crippen molar-refractivity contribution in [2.75, 3.05) is 25.6 Å². The Hall–Kier alpha value is -2.46. The van der Waals surface area contributed by atoms with Gasteiger partial charge < -0.3 is 25.3 Å². The molecule has 2 aromatic rings. The van der Waals surface area contributed by atoms with Crippen LogP contribution in [0.4, 0.5) is 5.95 Å². The molecule has 2 aromatic heterocycles. The quantitative estimate of drug-likeness (QED) is 0.463. The second-order valence-electron chi connectivity index (χ2n) is 7.57. The molecule has 10 nitrogen and oxygen atoms in total. The summed E-state index contributed by atoms with van der Waals surface area (Å²) in [5.74, 6) is -0.378. The molecule has 154 valence electrons. The molecule has 5 N–H and O–H groups in total. The van der Waals surface area contributed by atoms with Gasteiger partial charge in [-0.2, -0.15) is 4.98 Å². The number of nitrogen functional groups attached to an aromatic ring is 1. The third kappa shape index (κ3) is 4.33. The van der Waals surface area contributed by atoms with Crippen LogP contribution in [-0.4, -0.2) is 55.5 Å². The molecular formula is C18H27N5O5. The van der Waals surface area contributed by atoms with Gasteiger partial charge in [-0.1, -0.05) is 19.3 Å². The second-order valence-corrected chi connectivity index (χ2v) is 7.57. The number of nitrogens with one attached hydrogen (secondary N) is 1. The van der Waals surface area contributed by atoms with Crippen LogP contribution in [0.25, 0.3) is 11.2 Å². The summed E-state index contributed by atoms with van der Waals surface area (Å²) in [6, 6.07) is 0. The Morgan fingerprint density at radius 3 is 2.71 bits per heavy atom. The van der Waals surface area contributed by atoms with Gasteiger partial charge in [-0.05, 0) is 19.3 Å². The number of aryl methyl sites for hydroxylation is 1. The minimum absolute atomic E-state index is 0.0174. The maximum Gasteiger partial charge on any atom is 0.308 e. The zero-order valence-corrected chi connectivity index (χ0v) is 15.8. The normalized spacial score (nSPS) is 15.8. The first-order valence-corrected chi connectivity index (χ1v) is 9.57. The fraction of sp³-hybridized carbons (Fsp3) is 0.667. The number of esters is 1. The van der Waals surface area contributed by atoms with E-state index in [-0.39, 0.29) is 43.2 Å². The summed E-state index contributed by atoms with van der Waals surface area (Å²) < 4.78 is 7.08. The number of aliphatic hydroxyl groups excluding tert-OH is 2. The lowest BCUT2D eigenvalue weighted by molar-refractivity contribution is -0.156. The number of carbonyl (C=O) groups excluding carboxylic acids is 1. The molecule has 3 rings (SSSR count). The molecule has 0 aromatic carbocycles. The van der Waals surface area contributed by atoms with E-state index in [1.165, 1.54) is 6.33 Å². The third-order valence-corrected chi connectivity index (χ3v) is 5.51. The summed E-state index contributed by atoms with van der Waals surface area (Å²) in [6.07, 6.45) is 6.60. The van der Waals surface area contributed by atoms with Crippen molar-refractivity contribution in [1.82, 2.24) is 19.5 Å². The van der Waals surface area contributed by atoms with Crippen LogP contribution in [0.1, 0.15) is 38.5 Å². The van der Waals surface area contributed by atoms with Crippen LogP contribution in [0.2, 0.25) is 0 Å². The highest BCUT2D eigenvalue weighted by Gasteiger charge is 2.32. The summed E-state index contributed by atoms with van der Waals surface area (Å²) in [6.45, 7) is -0.443. The maximum atomic E-state index is 12.3. The SMILES string of the molecule is Nc1nc2c(ncn2CCC(CO)(CO)COC(=O)C2CCCCC2)c(=O)[nH]1. The lowest BCUT2D eigenvalue weighted by Gasteiger charge is -2.30. The maximum absolute atomic E-state index is 12.3. The van der Waals surface area contributed by atoms with E-state index in [0.29, 0.717) is 18.6 Å². The number of nitrogens with two attached hydrogens (primary N) is 1. The van der Waals surface area contributed by atoms with Crippen molar-refractivity contribution in [2.45, 2.75) is 45.1 Å². The van der Waals surface area contributed by atoms with E-state index >= 15 is 0 Å². The molecule has 0 atom stereocenters. The molecule has 0 amide bonds. The van der Waals surface area contributed by atoms with Crippen molar-refractivity contribution >= 4 is 23.1 Å². The van der Waals surface area contributed by atoms with Crippen molar-refractivity contribution in [3.8, 4) is 0 Å². The van der Waals surface area contributed by atoms with Crippen LogP contribution in [-0.2, 0) is 16.1 Å². The minimum Gasteiger partial charge on any atom is -0.465 e. The number of fused-ring (bicyclic) bond motifs is 1. The molecule has 1 aliphatic carbocycles. The van der Waals surface area contributed by atoms with Crippen LogP contribution >= 0.6 is 0 Å². The van der Waals surface area contributed by atoms with E-state index in [0.717, 1.165) is 32.1 Å². The summed E-state index contributed by atoms with van der Waals surface area (Å²) in [5.41, 5.74) is 4.66. The predicted molar refractivity (Wildman–Crippen MR) is 101 cm³/mol. The number of hydrogen-bond acceptors (Lipinski definition) is 8. The first kappa shape index (κ1) is 20.3. The standard InChI is InChI=1S/C18H27N5O5/c19-17-21-14-13(15(26)22-17)20-11-23(14)7-6-18(8-24,9-25)10-28-16(27)12-4-2-1-3-5-12/h11-12,24-25H,1-10H2,(H3,19,21,22,26). The molecule has 0 radical (unpaired) electrons. The van der Waals surface area contributed by atoms with Gasteiger partial charge in [0.2, 0.25) is 5.95 Å². The molecule has 28 heavy (non-hydrogen) atoms. The first-order chi connectivity index (χ1) is 13.5. The second kappa shape index (κ2) is 8.70. The number of aliphatic hydroxyl groups is 2. The van der Waals surface area contributed by atoms with Gasteiger partial charge in [0.1, 0.15) is 6.61 Å². The van der Waals surface area contributed by atoms with Crippen LogP contribution in [0.5, 0.6) is 0 Å². The highest BCUT2D eigenvalue weighted by atomic mass is 16.5. The largest absolute Gasteiger partial charge is 0.465 e. The fourth-order valence-electron chi connectivity index (χ4n) is 3.54. The van der Waals surface area contributed by atoms with Crippen LogP contribution in [0, 0.1) is 11.3 Å². The van der Waals surface area contributed by atoms with Gasteiger partial charge >= 0.3 is 5.97 Å². The lowest BCUT2D eigenvalue weighted by Crippen LogP contribution is -2.38. The average Bonchev–Trinajstić information content (AvgIpc) is 3.12.